The minimum atomic E-state index is 0.329. The van der Waals surface area contributed by atoms with Crippen molar-refractivity contribution in [2.45, 2.75) is 71.3 Å². The van der Waals surface area contributed by atoms with Crippen LogP contribution in [0.15, 0.2) is 0 Å². The van der Waals surface area contributed by atoms with Gasteiger partial charge in [0.2, 0.25) is 0 Å². The highest BCUT2D eigenvalue weighted by Gasteiger charge is 2.41. The van der Waals surface area contributed by atoms with Crippen LogP contribution in [0.3, 0.4) is 0 Å². The fraction of sp³-hybridized carbons (Fsp3) is 1.00. The Morgan fingerprint density at radius 2 is 1.95 bits per heavy atom. The number of rotatable bonds is 7. The van der Waals surface area contributed by atoms with E-state index in [1.165, 1.54) is 58.0 Å². The van der Waals surface area contributed by atoms with Crippen molar-refractivity contribution in [3.05, 3.63) is 0 Å². The van der Waals surface area contributed by atoms with E-state index in [-0.39, 0.29) is 0 Å². The molecule has 0 saturated heterocycles. The van der Waals surface area contributed by atoms with E-state index in [0.717, 1.165) is 24.3 Å². The van der Waals surface area contributed by atoms with Crippen molar-refractivity contribution >= 4 is 0 Å². The maximum Gasteiger partial charge on any atom is 0.0334 e. The van der Waals surface area contributed by atoms with Crippen molar-refractivity contribution < 1.29 is 0 Å². The van der Waals surface area contributed by atoms with Crippen LogP contribution in [0.2, 0.25) is 0 Å². The topological polar surface area (TPSA) is 29.3 Å². The molecule has 2 rings (SSSR count). The van der Waals surface area contributed by atoms with Crippen molar-refractivity contribution in [3.63, 3.8) is 0 Å². The Morgan fingerprint density at radius 1 is 1.21 bits per heavy atom. The lowest BCUT2D eigenvalue weighted by Crippen LogP contribution is -2.57. The average Bonchev–Trinajstić information content (AvgIpc) is 3.19. The molecular formula is C17H34N2. The molecule has 2 atom stereocenters. The zero-order valence-corrected chi connectivity index (χ0v) is 13.3. The Kier molecular flexibility index (Phi) is 5.30. The Hall–Kier alpha value is -0.0800. The molecule has 0 aliphatic heterocycles. The molecule has 2 N–H and O–H groups in total. The SMILES string of the molecule is CCN(CC1CC1)C1(CN)CCCC(CC(C)C)C1. The van der Waals surface area contributed by atoms with Gasteiger partial charge in [-0.1, -0.05) is 33.6 Å². The number of nitrogens with two attached hydrogens (primary N) is 1. The molecule has 0 amide bonds. The van der Waals surface area contributed by atoms with Crippen LogP contribution in [0, 0.1) is 17.8 Å². The first kappa shape index (κ1) is 15.3. The van der Waals surface area contributed by atoms with E-state index in [0.29, 0.717) is 5.54 Å². The van der Waals surface area contributed by atoms with E-state index in [4.69, 9.17) is 5.73 Å². The van der Waals surface area contributed by atoms with Gasteiger partial charge < -0.3 is 5.73 Å². The van der Waals surface area contributed by atoms with Gasteiger partial charge in [-0.25, -0.2) is 0 Å². The largest absolute Gasteiger partial charge is 0.329 e. The zero-order chi connectivity index (χ0) is 13.9. The normalized spacial score (nSPS) is 32.2. The highest BCUT2D eigenvalue weighted by Crippen LogP contribution is 2.41. The van der Waals surface area contributed by atoms with Crippen LogP contribution in [0.1, 0.15) is 65.7 Å². The first-order valence-electron chi connectivity index (χ1n) is 8.54. The van der Waals surface area contributed by atoms with Crippen LogP contribution in [-0.4, -0.2) is 30.1 Å². The Morgan fingerprint density at radius 3 is 2.47 bits per heavy atom. The summed E-state index contributed by atoms with van der Waals surface area (Å²) in [6.45, 7) is 10.4. The minimum Gasteiger partial charge on any atom is -0.329 e. The van der Waals surface area contributed by atoms with Crippen LogP contribution < -0.4 is 5.73 Å². The molecule has 2 saturated carbocycles. The monoisotopic (exact) mass is 266 g/mol. The molecular weight excluding hydrogens is 232 g/mol. The fourth-order valence-electron chi connectivity index (χ4n) is 4.20. The molecule has 0 bridgehead atoms. The lowest BCUT2D eigenvalue weighted by Gasteiger charge is -2.48. The summed E-state index contributed by atoms with van der Waals surface area (Å²) in [4.78, 5) is 2.75. The van der Waals surface area contributed by atoms with Gasteiger partial charge in [0.15, 0.2) is 0 Å². The first-order valence-corrected chi connectivity index (χ1v) is 8.54. The number of nitrogens with zero attached hydrogens (tertiary/aromatic N) is 1. The van der Waals surface area contributed by atoms with Gasteiger partial charge in [-0.05, 0) is 56.4 Å². The van der Waals surface area contributed by atoms with Gasteiger partial charge >= 0.3 is 0 Å². The van der Waals surface area contributed by atoms with Crippen LogP contribution in [0.4, 0.5) is 0 Å². The molecule has 0 heterocycles. The molecule has 2 aliphatic rings. The van der Waals surface area contributed by atoms with Crippen molar-refractivity contribution in [3.8, 4) is 0 Å². The molecule has 0 radical (unpaired) electrons. The van der Waals surface area contributed by atoms with Gasteiger partial charge in [0.1, 0.15) is 0 Å². The van der Waals surface area contributed by atoms with Crippen molar-refractivity contribution in [2.75, 3.05) is 19.6 Å². The summed E-state index contributed by atoms with van der Waals surface area (Å²) in [5, 5.41) is 0. The minimum absolute atomic E-state index is 0.329. The third-order valence-electron chi connectivity index (χ3n) is 5.34. The Balaban J connectivity index is 2.01. The van der Waals surface area contributed by atoms with E-state index in [9.17, 15) is 0 Å². The van der Waals surface area contributed by atoms with Crippen LogP contribution in [0.25, 0.3) is 0 Å². The molecule has 19 heavy (non-hydrogen) atoms. The van der Waals surface area contributed by atoms with E-state index >= 15 is 0 Å². The summed E-state index contributed by atoms with van der Waals surface area (Å²) in [7, 11) is 0. The maximum absolute atomic E-state index is 6.26. The quantitative estimate of drug-likeness (QED) is 0.762. The highest BCUT2D eigenvalue weighted by atomic mass is 15.2. The van der Waals surface area contributed by atoms with E-state index in [2.05, 4.69) is 25.7 Å². The molecule has 0 spiro atoms. The van der Waals surface area contributed by atoms with Crippen molar-refractivity contribution in [1.29, 1.82) is 0 Å². The summed E-state index contributed by atoms with van der Waals surface area (Å²) in [5.41, 5.74) is 6.59. The average molecular weight is 266 g/mol. The first-order chi connectivity index (χ1) is 9.09. The summed E-state index contributed by atoms with van der Waals surface area (Å²) < 4.78 is 0. The highest BCUT2D eigenvalue weighted by molar-refractivity contribution is 4.98. The molecule has 2 nitrogen and oxygen atoms in total. The standard InChI is InChI=1S/C17H34N2/c1-4-19(12-15-7-8-15)17(13-18)9-5-6-16(11-17)10-14(2)3/h14-16H,4-13,18H2,1-3H3. The molecule has 0 aromatic rings. The lowest BCUT2D eigenvalue weighted by molar-refractivity contribution is 0.0316. The molecule has 0 aromatic carbocycles. The van der Waals surface area contributed by atoms with Crippen molar-refractivity contribution in [2.24, 2.45) is 23.5 Å². The number of hydrogen-bond acceptors (Lipinski definition) is 2. The van der Waals surface area contributed by atoms with Crippen LogP contribution in [0.5, 0.6) is 0 Å². The van der Waals surface area contributed by atoms with E-state index < -0.39 is 0 Å². The summed E-state index contributed by atoms with van der Waals surface area (Å²) in [5.74, 6) is 2.72. The second-order valence-electron chi connectivity index (χ2n) is 7.50. The van der Waals surface area contributed by atoms with Gasteiger partial charge in [0.05, 0.1) is 0 Å². The van der Waals surface area contributed by atoms with E-state index in [1.54, 1.807) is 0 Å². The van der Waals surface area contributed by atoms with Gasteiger partial charge in [-0.2, -0.15) is 0 Å². The Labute approximate surface area is 120 Å². The second kappa shape index (κ2) is 6.58. The molecule has 2 unspecified atom stereocenters. The molecule has 2 aliphatic carbocycles. The molecule has 112 valence electrons. The van der Waals surface area contributed by atoms with Gasteiger partial charge in [0.25, 0.3) is 0 Å². The van der Waals surface area contributed by atoms with Gasteiger partial charge in [0, 0.05) is 18.6 Å². The van der Waals surface area contributed by atoms with Gasteiger partial charge in [-0.3, -0.25) is 4.90 Å². The second-order valence-corrected chi connectivity index (χ2v) is 7.50. The summed E-state index contributed by atoms with van der Waals surface area (Å²) >= 11 is 0. The van der Waals surface area contributed by atoms with Crippen LogP contribution in [-0.2, 0) is 0 Å². The molecule has 2 heteroatoms. The third-order valence-corrected chi connectivity index (χ3v) is 5.34. The summed E-state index contributed by atoms with van der Waals surface area (Å²) in [6, 6.07) is 0. The predicted molar refractivity (Wildman–Crippen MR) is 83.2 cm³/mol. The van der Waals surface area contributed by atoms with E-state index in [1.807, 2.05) is 0 Å². The summed E-state index contributed by atoms with van der Waals surface area (Å²) in [6.07, 6.45) is 9.79. The fourth-order valence-corrected chi connectivity index (χ4v) is 4.20. The Bertz CT molecular complexity index is 272. The predicted octanol–water partition coefficient (Wildman–Crippen LogP) is 3.65. The molecule has 0 aromatic heterocycles. The maximum atomic E-state index is 6.26. The van der Waals surface area contributed by atoms with Crippen LogP contribution >= 0.6 is 0 Å². The van der Waals surface area contributed by atoms with Crippen molar-refractivity contribution in [1.82, 2.24) is 4.90 Å². The third kappa shape index (κ3) is 3.95. The lowest BCUT2D eigenvalue weighted by atomic mass is 9.72. The number of likely N-dealkylation sites (N-methyl/N-ethyl adjacent to an activating group) is 1. The zero-order valence-electron chi connectivity index (χ0n) is 13.3. The number of hydrogen-bond donors (Lipinski definition) is 1. The van der Waals surface area contributed by atoms with Gasteiger partial charge in [-0.15, -0.1) is 0 Å². The smallest absolute Gasteiger partial charge is 0.0334 e. The molecule has 2 fully saturated rings.